The maximum atomic E-state index is 12.6. The third-order valence-electron chi connectivity index (χ3n) is 4.88. The summed E-state index contributed by atoms with van der Waals surface area (Å²) in [7, 11) is 1.56. The van der Waals surface area contributed by atoms with Crippen molar-refractivity contribution in [2.75, 3.05) is 20.2 Å². The van der Waals surface area contributed by atoms with Gasteiger partial charge in [-0.15, -0.1) is 0 Å². The second kappa shape index (κ2) is 7.07. The number of fused-ring (bicyclic) bond motifs is 1. The summed E-state index contributed by atoms with van der Waals surface area (Å²) in [6.07, 6.45) is 5.15. The Morgan fingerprint density at radius 2 is 1.96 bits per heavy atom. The monoisotopic (exact) mass is 348 g/mol. The van der Waals surface area contributed by atoms with E-state index in [2.05, 4.69) is 22.1 Å². The summed E-state index contributed by atoms with van der Waals surface area (Å²) in [5, 5.41) is 1.05. The number of carbonyl (C=O) groups excluding carboxylic acids is 1. The van der Waals surface area contributed by atoms with E-state index in [1.807, 2.05) is 17.0 Å². The van der Waals surface area contributed by atoms with Crippen LogP contribution in [0.4, 0.5) is 0 Å². The van der Waals surface area contributed by atoms with Crippen molar-refractivity contribution in [3.8, 4) is 5.88 Å². The van der Waals surface area contributed by atoms with E-state index in [4.69, 9.17) is 9.72 Å². The van der Waals surface area contributed by atoms with Crippen molar-refractivity contribution >= 4 is 16.9 Å². The SMILES string of the molecule is COc1ccc(C(=O)N2CCC(c3ccc4cccnc4n3)CC2)cn1. The van der Waals surface area contributed by atoms with Crippen molar-refractivity contribution < 1.29 is 9.53 Å². The van der Waals surface area contributed by atoms with Gasteiger partial charge in [-0.2, -0.15) is 0 Å². The van der Waals surface area contributed by atoms with Crippen LogP contribution in [0.25, 0.3) is 11.0 Å². The Bertz CT molecular complexity index is 919. The first-order valence-electron chi connectivity index (χ1n) is 8.75. The van der Waals surface area contributed by atoms with Crippen LogP contribution >= 0.6 is 0 Å². The zero-order valence-corrected chi connectivity index (χ0v) is 14.6. The van der Waals surface area contributed by atoms with Gasteiger partial charge >= 0.3 is 0 Å². The van der Waals surface area contributed by atoms with E-state index < -0.39 is 0 Å². The van der Waals surface area contributed by atoms with Crippen LogP contribution in [0.2, 0.25) is 0 Å². The number of hydrogen-bond acceptors (Lipinski definition) is 5. The summed E-state index contributed by atoms with van der Waals surface area (Å²) in [5.74, 6) is 0.891. The number of likely N-dealkylation sites (tertiary alicyclic amines) is 1. The van der Waals surface area contributed by atoms with Crippen LogP contribution in [0, 0.1) is 0 Å². The summed E-state index contributed by atoms with van der Waals surface area (Å²) >= 11 is 0. The fourth-order valence-electron chi connectivity index (χ4n) is 3.38. The number of aromatic nitrogens is 3. The van der Waals surface area contributed by atoms with Crippen molar-refractivity contribution in [1.82, 2.24) is 19.9 Å². The van der Waals surface area contributed by atoms with Crippen molar-refractivity contribution in [1.29, 1.82) is 0 Å². The van der Waals surface area contributed by atoms with Gasteiger partial charge in [-0.1, -0.05) is 0 Å². The molecule has 1 fully saturated rings. The molecule has 0 radical (unpaired) electrons. The first kappa shape index (κ1) is 16.4. The molecule has 0 atom stereocenters. The molecule has 3 aromatic heterocycles. The van der Waals surface area contributed by atoms with Gasteiger partial charge in [0.25, 0.3) is 5.91 Å². The third kappa shape index (κ3) is 3.22. The lowest BCUT2D eigenvalue weighted by molar-refractivity contribution is 0.0711. The van der Waals surface area contributed by atoms with Crippen LogP contribution < -0.4 is 4.74 Å². The van der Waals surface area contributed by atoms with Crippen molar-refractivity contribution in [2.45, 2.75) is 18.8 Å². The Hall–Kier alpha value is -3.02. The Balaban J connectivity index is 1.43. The topological polar surface area (TPSA) is 68.2 Å². The summed E-state index contributed by atoms with van der Waals surface area (Å²) in [5.41, 5.74) is 2.44. The molecule has 1 amide bonds. The molecule has 0 aromatic carbocycles. The molecule has 0 saturated carbocycles. The minimum atomic E-state index is 0.0201. The number of nitrogens with zero attached hydrogens (tertiary/aromatic N) is 4. The predicted octanol–water partition coefficient (Wildman–Crippen LogP) is 3.05. The molecule has 26 heavy (non-hydrogen) atoms. The average molecular weight is 348 g/mol. The molecule has 1 aliphatic rings. The van der Waals surface area contributed by atoms with Gasteiger partial charge in [-0.3, -0.25) is 4.79 Å². The van der Waals surface area contributed by atoms with Crippen molar-refractivity contribution in [3.63, 3.8) is 0 Å². The summed E-state index contributed by atoms with van der Waals surface area (Å²) in [6.45, 7) is 1.44. The van der Waals surface area contributed by atoms with Crippen LogP contribution in [0.1, 0.15) is 34.8 Å². The fraction of sp³-hybridized carbons (Fsp3) is 0.300. The standard InChI is InChI=1S/C20H20N4O2/c1-26-18-7-5-16(13-22-18)20(25)24-11-8-14(9-12-24)17-6-4-15-3-2-10-21-19(15)23-17/h2-7,10,13-14H,8-9,11-12H2,1H3. The van der Waals surface area contributed by atoms with Gasteiger partial charge in [0.05, 0.1) is 12.7 Å². The Morgan fingerprint density at radius 3 is 2.69 bits per heavy atom. The van der Waals surface area contributed by atoms with E-state index in [1.54, 1.807) is 31.6 Å². The van der Waals surface area contributed by atoms with Crippen LogP contribution in [0.5, 0.6) is 5.88 Å². The number of amides is 1. The van der Waals surface area contributed by atoms with E-state index in [9.17, 15) is 4.79 Å². The number of pyridine rings is 3. The van der Waals surface area contributed by atoms with Crippen LogP contribution in [0.3, 0.4) is 0 Å². The first-order valence-corrected chi connectivity index (χ1v) is 8.75. The molecule has 0 bridgehead atoms. The van der Waals surface area contributed by atoms with E-state index in [0.717, 1.165) is 42.7 Å². The molecule has 6 heteroatoms. The molecule has 1 saturated heterocycles. The molecule has 0 N–H and O–H groups in total. The molecular weight excluding hydrogens is 328 g/mol. The van der Waals surface area contributed by atoms with Gasteiger partial charge in [0.1, 0.15) is 0 Å². The minimum Gasteiger partial charge on any atom is -0.481 e. The zero-order chi connectivity index (χ0) is 17.9. The normalized spacial score (nSPS) is 15.2. The fourth-order valence-corrected chi connectivity index (χ4v) is 3.38. The predicted molar refractivity (Wildman–Crippen MR) is 98.2 cm³/mol. The number of piperidine rings is 1. The van der Waals surface area contributed by atoms with Gasteiger partial charge in [0.15, 0.2) is 5.65 Å². The molecule has 0 unspecified atom stereocenters. The molecule has 132 valence electrons. The molecule has 6 nitrogen and oxygen atoms in total. The van der Waals surface area contributed by atoms with E-state index in [-0.39, 0.29) is 5.91 Å². The van der Waals surface area contributed by atoms with Gasteiger partial charge in [0, 0.05) is 48.5 Å². The molecule has 4 rings (SSSR count). The van der Waals surface area contributed by atoms with E-state index >= 15 is 0 Å². The number of carbonyl (C=O) groups is 1. The lowest BCUT2D eigenvalue weighted by Gasteiger charge is -2.31. The Kier molecular flexibility index (Phi) is 4.48. The highest BCUT2D eigenvalue weighted by molar-refractivity contribution is 5.94. The van der Waals surface area contributed by atoms with E-state index in [1.165, 1.54) is 0 Å². The maximum absolute atomic E-state index is 12.6. The first-order chi connectivity index (χ1) is 12.7. The highest BCUT2D eigenvalue weighted by Crippen LogP contribution is 2.28. The lowest BCUT2D eigenvalue weighted by Crippen LogP contribution is -2.38. The summed E-state index contributed by atoms with van der Waals surface area (Å²) < 4.78 is 5.04. The summed E-state index contributed by atoms with van der Waals surface area (Å²) in [6, 6.07) is 11.6. The Morgan fingerprint density at radius 1 is 1.12 bits per heavy atom. The largest absolute Gasteiger partial charge is 0.481 e. The smallest absolute Gasteiger partial charge is 0.255 e. The second-order valence-electron chi connectivity index (χ2n) is 6.44. The highest BCUT2D eigenvalue weighted by atomic mass is 16.5. The Labute approximate surface area is 151 Å². The molecule has 1 aliphatic heterocycles. The quantitative estimate of drug-likeness (QED) is 0.728. The number of rotatable bonds is 3. The average Bonchev–Trinajstić information content (AvgIpc) is 2.73. The van der Waals surface area contributed by atoms with Crippen molar-refractivity contribution in [3.05, 3.63) is 60.0 Å². The molecule has 0 aliphatic carbocycles. The lowest BCUT2D eigenvalue weighted by atomic mass is 9.92. The minimum absolute atomic E-state index is 0.0201. The number of hydrogen-bond donors (Lipinski definition) is 0. The molecular formula is C20H20N4O2. The van der Waals surface area contributed by atoms with Crippen molar-refractivity contribution in [2.24, 2.45) is 0 Å². The maximum Gasteiger partial charge on any atom is 0.255 e. The van der Waals surface area contributed by atoms with E-state index in [0.29, 0.717) is 17.4 Å². The van der Waals surface area contributed by atoms with Gasteiger partial charge in [0.2, 0.25) is 5.88 Å². The van der Waals surface area contributed by atoms with Crippen LogP contribution in [0.15, 0.2) is 48.8 Å². The molecule has 0 spiro atoms. The highest BCUT2D eigenvalue weighted by Gasteiger charge is 2.25. The molecule has 3 aromatic rings. The number of methoxy groups -OCH3 is 1. The van der Waals surface area contributed by atoms with Crippen LogP contribution in [-0.4, -0.2) is 46.0 Å². The number of ether oxygens (including phenoxy) is 1. The van der Waals surface area contributed by atoms with Gasteiger partial charge < -0.3 is 9.64 Å². The van der Waals surface area contributed by atoms with Gasteiger partial charge in [-0.25, -0.2) is 15.0 Å². The van der Waals surface area contributed by atoms with Crippen LogP contribution in [-0.2, 0) is 0 Å². The summed E-state index contributed by atoms with van der Waals surface area (Å²) in [4.78, 5) is 27.7. The third-order valence-corrected chi connectivity index (χ3v) is 4.88. The zero-order valence-electron chi connectivity index (χ0n) is 14.6. The second-order valence-corrected chi connectivity index (χ2v) is 6.44. The molecule has 4 heterocycles. The van der Waals surface area contributed by atoms with Gasteiger partial charge in [-0.05, 0) is 43.2 Å².